The summed E-state index contributed by atoms with van der Waals surface area (Å²) >= 11 is 1.48. The normalized spacial score (nSPS) is 13.6. The van der Waals surface area contributed by atoms with Crippen LogP contribution < -0.4 is 10.1 Å². The molecule has 6 nitrogen and oxygen atoms in total. The van der Waals surface area contributed by atoms with Gasteiger partial charge in [0.05, 0.1) is 18.5 Å². The van der Waals surface area contributed by atoms with Crippen molar-refractivity contribution in [1.29, 1.82) is 0 Å². The van der Waals surface area contributed by atoms with Crippen LogP contribution in [0.25, 0.3) is 22.2 Å². The van der Waals surface area contributed by atoms with Crippen molar-refractivity contribution < 1.29 is 18.4 Å². The molecule has 0 atom stereocenters. The molecule has 3 aromatic rings. The number of hydrogen-bond acceptors (Lipinski definition) is 6. The second-order valence-electron chi connectivity index (χ2n) is 6.03. The predicted molar refractivity (Wildman–Crippen MR) is 94.1 cm³/mol. The van der Waals surface area contributed by atoms with Gasteiger partial charge in [-0.2, -0.15) is 4.98 Å². The highest BCUT2D eigenvalue weighted by molar-refractivity contribution is 7.15. The Labute approximate surface area is 153 Å². The molecule has 134 valence electrons. The van der Waals surface area contributed by atoms with Gasteiger partial charge < -0.3 is 14.6 Å². The molecule has 8 heteroatoms. The molecule has 26 heavy (non-hydrogen) atoms. The van der Waals surface area contributed by atoms with E-state index in [2.05, 4.69) is 15.5 Å². The van der Waals surface area contributed by atoms with Crippen molar-refractivity contribution in [2.24, 2.45) is 5.92 Å². The van der Waals surface area contributed by atoms with E-state index >= 15 is 0 Å². The fraction of sp³-hybridized carbons (Fsp3) is 0.278. The standard InChI is InChI=1S/C18H16FN3O3S/c1-24-14-6-4-11(8-13(14)19)18-21-16(22-25-18)15-7-5-12(26-15)9-20-17(23)10-2-3-10/h4-8,10H,2-3,9H2,1H3,(H,20,23). The number of methoxy groups -OCH3 is 1. The molecule has 4 rings (SSSR count). The van der Waals surface area contributed by atoms with E-state index in [1.54, 1.807) is 6.07 Å². The van der Waals surface area contributed by atoms with Crippen molar-refractivity contribution in [2.45, 2.75) is 19.4 Å². The lowest BCUT2D eigenvalue weighted by Crippen LogP contribution is -2.23. The lowest BCUT2D eigenvalue weighted by Gasteiger charge is -2.01. The van der Waals surface area contributed by atoms with E-state index < -0.39 is 5.82 Å². The van der Waals surface area contributed by atoms with E-state index in [1.165, 1.54) is 30.6 Å². The molecule has 2 heterocycles. The van der Waals surface area contributed by atoms with Crippen LogP contribution in [0.15, 0.2) is 34.9 Å². The molecule has 0 saturated heterocycles. The first-order valence-electron chi connectivity index (χ1n) is 8.18. The van der Waals surface area contributed by atoms with Crippen LogP contribution in [0.4, 0.5) is 4.39 Å². The molecule has 2 aromatic heterocycles. The van der Waals surface area contributed by atoms with Crippen LogP contribution in [-0.4, -0.2) is 23.2 Å². The van der Waals surface area contributed by atoms with Crippen LogP contribution >= 0.6 is 11.3 Å². The van der Waals surface area contributed by atoms with Gasteiger partial charge in [-0.05, 0) is 43.2 Å². The number of thiophene rings is 1. The maximum atomic E-state index is 13.8. The van der Waals surface area contributed by atoms with Crippen LogP contribution in [-0.2, 0) is 11.3 Å². The van der Waals surface area contributed by atoms with Crippen molar-refractivity contribution in [2.75, 3.05) is 7.11 Å². The molecule has 0 bridgehead atoms. The third-order valence-electron chi connectivity index (χ3n) is 4.09. The summed E-state index contributed by atoms with van der Waals surface area (Å²) in [5.41, 5.74) is 0.482. The van der Waals surface area contributed by atoms with Gasteiger partial charge in [-0.25, -0.2) is 4.39 Å². The Balaban J connectivity index is 1.47. The van der Waals surface area contributed by atoms with E-state index in [1.807, 2.05) is 12.1 Å². The summed E-state index contributed by atoms with van der Waals surface area (Å²) in [6, 6.07) is 8.28. The lowest BCUT2D eigenvalue weighted by molar-refractivity contribution is -0.122. The Morgan fingerprint density at radius 3 is 2.96 bits per heavy atom. The first-order valence-corrected chi connectivity index (χ1v) is 9.00. The monoisotopic (exact) mass is 373 g/mol. The summed E-state index contributed by atoms with van der Waals surface area (Å²) in [5.74, 6) is 0.640. The van der Waals surface area contributed by atoms with Crippen molar-refractivity contribution in [1.82, 2.24) is 15.5 Å². The molecule has 1 aliphatic carbocycles. The first-order chi connectivity index (χ1) is 12.6. The third kappa shape index (κ3) is 3.45. The molecule has 1 amide bonds. The number of nitrogens with zero attached hydrogens (tertiary/aromatic N) is 2. The summed E-state index contributed by atoms with van der Waals surface area (Å²) in [7, 11) is 1.41. The predicted octanol–water partition coefficient (Wildman–Crippen LogP) is 3.64. The Morgan fingerprint density at radius 2 is 2.23 bits per heavy atom. The van der Waals surface area contributed by atoms with Crippen molar-refractivity contribution in [3.8, 4) is 27.9 Å². The number of rotatable bonds is 6. The summed E-state index contributed by atoms with van der Waals surface area (Å²) in [5, 5.41) is 6.89. The van der Waals surface area contributed by atoms with Crippen molar-refractivity contribution in [3.63, 3.8) is 0 Å². The number of ether oxygens (including phenoxy) is 1. The largest absolute Gasteiger partial charge is 0.494 e. The lowest BCUT2D eigenvalue weighted by atomic mass is 10.2. The second-order valence-corrected chi connectivity index (χ2v) is 7.20. The summed E-state index contributed by atoms with van der Waals surface area (Å²) in [6.45, 7) is 0.494. The van der Waals surface area contributed by atoms with Gasteiger partial charge in [0, 0.05) is 16.4 Å². The number of hydrogen-bond donors (Lipinski definition) is 1. The molecule has 0 spiro atoms. The number of amides is 1. The average molecular weight is 373 g/mol. The fourth-order valence-electron chi connectivity index (χ4n) is 2.50. The molecule has 0 unspecified atom stereocenters. The minimum absolute atomic E-state index is 0.114. The molecule has 0 radical (unpaired) electrons. The fourth-order valence-corrected chi connectivity index (χ4v) is 3.37. The van der Waals surface area contributed by atoms with Crippen molar-refractivity contribution in [3.05, 3.63) is 41.0 Å². The van der Waals surface area contributed by atoms with E-state index in [9.17, 15) is 9.18 Å². The number of nitrogens with one attached hydrogen (secondary N) is 1. The molecule has 1 fully saturated rings. The van der Waals surface area contributed by atoms with Gasteiger partial charge in [-0.3, -0.25) is 4.79 Å². The molecule has 1 aromatic carbocycles. The van der Waals surface area contributed by atoms with Gasteiger partial charge in [-0.15, -0.1) is 11.3 Å². The molecule has 1 N–H and O–H groups in total. The van der Waals surface area contributed by atoms with E-state index in [0.29, 0.717) is 17.9 Å². The van der Waals surface area contributed by atoms with Gasteiger partial charge in [0.2, 0.25) is 11.7 Å². The number of carbonyl (C=O) groups is 1. The quantitative estimate of drug-likeness (QED) is 0.714. The highest BCUT2D eigenvalue weighted by atomic mass is 32.1. The van der Waals surface area contributed by atoms with Crippen LogP contribution in [0.2, 0.25) is 0 Å². The average Bonchev–Trinajstić information content (AvgIpc) is 3.19. The molecular weight excluding hydrogens is 357 g/mol. The number of halogens is 1. The topological polar surface area (TPSA) is 77.2 Å². The third-order valence-corrected chi connectivity index (χ3v) is 5.17. The highest BCUT2D eigenvalue weighted by Crippen LogP contribution is 2.31. The highest BCUT2D eigenvalue weighted by Gasteiger charge is 2.29. The van der Waals surface area contributed by atoms with Crippen molar-refractivity contribution >= 4 is 17.2 Å². The van der Waals surface area contributed by atoms with E-state index in [0.717, 1.165) is 22.6 Å². The van der Waals surface area contributed by atoms with Gasteiger partial charge in [0.1, 0.15) is 0 Å². The zero-order valence-corrected chi connectivity index (χ0v) is 14.8. The minimum atomic E-state index is -0.491. The summed E-state index contributed by atoms with van der Waals surface area (Å²) in [4.78, 5) is 17.9. The molecule has 1 aliphatic rings. The maximum absolute atomic E-state index is 13.8. The SMILES string of the molecule is COc1ccc(-c2nc(-c3ccc(CNC(=O)C4CC4)s3)no2)cc1F. The summed E-state index contributed by atoms with van der Waals surface area (Å²) < 4.78 is 24.0. The Kier molecular flexibility index (Phi) is 4.42. The minimum Gasteiger partial charge on any atom is -0.494 e. The van der Waals surface area contributed by atoms with Crippen LogP contribution in [0.5, 0.6) is 5.75 Å². The van der Waals surface area contributed by atoms with Crippen LogP contribution in [0.3, 0.4) is 0 Å². The smallest absolute Gasteiger partial charge is 0.258 e. The van der Waals surface area contributed by atoms with Gasteiger partial charge in [0.15, 0.2) is 11.6 Å². The van der Waals surface area contributed by atoms with E-state index in [-0.39, 0.29) is 23.5 Å². The maximum Gasteiger partial charge on any atom is 0.258 e. The van der Waals surface area contributed by atoms with Crippen LogP contribution in [0.1, 0.15) is 17.7 Å². The van der Waals surface area contributed by atoms with Crippen LogP contribution in [0, 0.1) is 11.7 Å². The second kappa shape index (κ2) is 6.87. The van der Waals surface area contributed by atoms with Gasteiger partial charge >= 0.3 is 0 Å². The molecule has 1 saturated carbocycles. The molecular formula is C18H16FN3O3S. The summed E-state index contributed by atoms with van der Waals surface area (Å²) in [6.07, 6.45) is 1.97. The van der Waals surface area contributed by atoms with Gasteiger partial charge in [0.25, 0.3) is 5.89 Å². The Bertz CT molecular complexity index is 949. The zero-order valence-electron chi connectivity index (χ0n) is 14.0. The Morgan fingerprint density at radius 1 is 1.38 bits per heavy atom. The molecule has 0 aliphatic heterocycles. The number of aromatic nitrogens is 2. The van der Waals surface area contributed by atoms with Gasteiger partial charge in [-0.1, -0.05) is 5.16 Å². The zero-order chi connectivity index (χ0) is 18.1. The number of carbonyl (C=O) groups excluding carboxylic acids is 1. The van der Waals surface area contributed by atoms with E-state index in [4.69, 9.17) is 9.26 Å². The Hall–Kier alpha value is -2.74. The number of benzene rings is 1. The first kappa shape index (κ1) is 16.7.